The molecule has 138 valence electrons. The Hall–Kier alpha value is -2.18. The van der Waals surface area contributed by atoms with Gasteiger partial charge >= 0.3 is 0 Å². The Morgan fingerprint density at radius 3 is 2.77 bits per heavy atom. The van der Waals surface area contributed by atoms with E-state index in [-0.39, 0.29) is 24.3 Å². The minimum absolute atomic E-state index is 0.0155. The second-order valence-electron chi connectivity index (χ2n) is 7.45. The third-order valence-corrected chi connectivity index (χ3v) is 6.09. The molecular weight excluding hydrogens is 330 g/mol. The van der Waals surface area contributed by atoms with Crippen molar-refractivity contribution >= 4 is 5.91 Å². The van der Waals surface area contributed by atoms with Gasteiger partial charge in [-0.1, -0.05) is 30.3 Å². The van der Waals surface area contributed by atoms with Crippen LogP contribution in [0.3, 0.4) is 0 Å². The van der Waals surface area contributed by atoms with E-state index >= 15 is 0 Å². The van der Waals surface area contributed by atoms with Crippen LogP contribution in [0.1, 0.15) is 24.3 Å². The molecule has 0 unspecified atom stereocenters. The zero-order chi connectivity index (χ0) is 18.1. The number of carbonyl (C=O) groups is 1. The Kier molecular flexibility index (Phi) is 4.54. The van der Waals surface area contributed by atoms with Gasteiger partial charge in [-0.05, 0) is 29.9 Å². The molecule has 1 amide bonds. The highest BCUT2D eigenvalue weighted by Crippen LogP contribution is 2.68. The van der Waals surface area contributed by atoms with Gasteiger partial charge in [0.2, 0.25) is 5.91 Å². The molecule has 4 atom stereocenters. The number of aromatic nitrogens is 2. The maximum Gasteiger partial charge on any atom is 0.222 e. The molecule has 6 heteroatoms. The average molecular weight is 355 g/mol. The number of hydrogen-bond acceptors (Lipinski definition) is 4. The number of carbonyl (C=O) groups excluding carboxylic acids is 1. The van der Waals surface area contributed by atoms with Crippen molar-refractivity contribution in [3.05, 3.63) is 54.4 Å². The lowest BCUT2D eigenvalue weighted by atomic mass is 9.95. The van der Waals surface area contributed by atoms with Gasteiger partial charge in [-0.25, -0.2) is 0 Å². The van der Waals surface area contributed by atoms with Gasteiger partial charge in [0.1, 0.15) is 0 Å². The van der Waals surface area contributed by atoms with Crippen molar-refractivity contribution in [3.8, 4) is 0 Å². The summed E-state index contributed by atoms with van der Waals surface area (Å²) >= 11 is 0. The highest BCUT2D eigenvalue weighted by molar-refractivity contribution is 5.77. The zero-order valence-electron chi connectivity index (χ0n) is 14.7. The number of aryl methyl sites for hydroxylation is 1. The number of hydrogen-bond donors (Lipinski definition) is 2. The van der Waals surface area contributed by atoms with Crippen molar-refractivity contribution in [2.45, 2.75) is 31.4 Å². The van der Waals surface area contributed by atoms with Gasteiger partial charge in [-0.2, -0.15) is 5.10 Å². The fourth-order valence-electron chi connectivity index (χ4n) is 4.74. The molecule has 1 spiro atoms. The normalized spacial score (nSPS) is 30.1. The molecular formula is C20H25N3O3. The number of nitrogens with zero attached hydrogens (tertiary/aromatic N) is 3. The van der Waals surface area contributed by atoms with Crippen LogP contribution in [0.4, 0.5) is 0 Å². The van der Waals surface area contributed by atoms with Crippen LogP contribution in [0.25, 0.3) is 0 Å². The Morgan fingerprint density at radius 2 is 2.08 bits per heavy atom. The smallest absolute Gasteiger partial charge is 0.222 e. The predicted octanol–water partition coefficient (Wildman–Crippen LogP) is 1.26. The van der Waals surface area contributed by atoms with Crippen molar-refractivity contribution < 1.29 is 15.0 Å². The summed E-state index contributed by atoms with van der Waals surface area (Å²) in [6.45, 7) is 1.64. The standard InChI is InChI=1S/C20H25N3O3/c24-13-16-19(15-6-2-1-3-7-15)20(16)14-22(12-17(20)25)18(26)8-4-10-23-11-5-9-21-23/h1-3,5-7,9,11,16-17,19,24-25H,4,8,10,12-14H2/t16-,17+,19-,20-/m1/s1. The molecule has 26 heavy (non-hydrogen) atoms. The van der Waals surface area contributed by atoms with Crippen LogP contribution in [0.5, 0.6) is 0 Å². The molecule has 1 saturated heterocycles. The SMILES string of the molecule is O=C(CCCn1cccn1)N1C[C@H](O)[C@@]2(C1)[C@H](CO)[C@H]2c1ccccc1. The number of amides is 1. The van der Waals surface area contributed by atoms with E-state index < -0.39 is 11.5 Å². The molecule has 0 bridgehead atoms. The molecule has 2 heterocycles. The van der Waals surface area contributed by atoms with Gasteiger partial charge in [0.05, 0.1) is 6.10 Å². The summed E-state index contributed by atoms with van der Waals surface area (Å²) in [5.74, 6) is 0.204. The summed E-state index contributed by atoms with van der Waals surface area (Å²) < 4.78 is 1.82. The largest absolute Gasteiger partial charge is 0.396 e. The summed E-state index contributed by atoms with van der Waals surface area (Å²) in [5.41, 5.74) is 0.742. The maximum atomic E-state index is 12.6. The molecule has 1 aromatic carbocycles. The van der Waals surface area contributed by atoms with Gasteiger partial charge in [-0.15, -0.1) is 0 Å². The average Bonchev–Trinajstić information content (AvgIpc) is 2.94. The summed E-state index contributed by atoms with van der Waals surface area (Å²) in [6.07, 6.45) is 4.21. The molecule has 1 saturated carbocycles. The Labute approximate surface area is 153 Å². The fraction of sp³-hybridized carbons (Fsp3) is 0.500. The second-order valence-corrected chi connectivity index (χ2v) is 7.45. The molecule has 2 aromatic rings. The number of aliphatic hydroxyl groups excluding tert-OH is 2. The van der Waals surface area contributed by atoms with Crippen LogP contribution in [0.15, 0.2) is 48.8 Å². The van der Waals surface area contributed by atoms with E-state index in [1.54, 1.807) is 11.1 Å². The maximum absolute atomic E-state index is 12.6. The number of likely N-dealkylation sites (tertiary alicyclic amines) is 1. The fourth-order valence-corrected chi connectivity index (χ4v) is 4.74. The van der Waals surface area contributed by atoms with E-state index in [9.17, 15) is 15.0 Å². The topological polar surface area (TPSA) is 78.6 Å². The van der Waals surface area contributed by atoms with E-state index in [1.807, 2.05) is 47.3 Å². The number of aliphatic hydroxyl groups is 2. The first-order valence-corrected chi connectivity index (χ1v) is 9.26. The van der Waals surface area contributed by atoms with E-state index in [1.165, 1.54) is 0 Å². The molecule has 1 aliphatic carbocycles. The highest BCUT2D eigenvalue weighted by atomic mass is 16.3. The molecule has 2 aliphatic rings. The third-order valence-electron chi connectivity index (χ3n) is 6.09. The summed E-state index contributed by atoms with van der Waals surface area (Å²) in [4.78, 5) is 14.4. The molecule has 1 aromatic heterocycles. The minimum atomic E-state index is -0.583. The van der Waals surface area contributed by atoms with E-state index in [0.717, 1.165) is 12.0 Å². The molecule has 1 aliphatic heterocycles. The van der Waals surface area contributed by atoms with E-state index in [2.05, 4.69) is 5.10 Å². The predicted molar refractivity (Wildman–Crippen MR) is 96.2 cm³/mol. The number of β-amino-alcohol motifs (C(OH)–C–C–N with tert-alkyl or cyclic N) is 1. The van der Waals surface area contributed by atoms with Gasteiger partial charge in [0, 0.05) is 50.5 Å². The van der Waals surface area contributed by atoms with Crippen LogP contribution in [-0.2, 0) is 11.3 Å². The van der Waals surface area contributed by atoms with Crippen LogP contribution < -0.4 is 0 Å². The first-order valence-electron chi connectivity index (χ1n) is 9.26. The zero-order valence-corrected chi connectivity index (χ0v) is 14.7. The number of rotatable bonds is 6. The van der Waals surface area contributed by atoms with Gasteiger partial charge < -0.3 is 15.1 Å². The van der Waals surface area contributed by atoms with Crippen molar-refractivity contribution in [3.63, 3.8) is 0 Å². The molecule has 6 nitrogen and oxygen atoms in total. The Balaban J connectivity index is 1.40. The lowest BCUT2D eigenvalue weighted by Crippen LogP contribution is -2.29. The van der Waals surface area contributed by atoms with Crippen LogP contribution in [0.2, 0.25) is 0 Å². The highest BCUT2D eigenvalue weighted by Gasteiger charge is 2.71. The van der Waals surface area contributed by atoms with Crippen molar-refractivity contribution in [1.82, 2.24) is 14.7 Å². The minimum Gasteiger partial charge on any atom is -0.396 e. The third kappa shape index (κ3) is 2.83. The Morgan fingerprint density at radius 1 is 1.27 bits per heavy atom. The van der Waals surface area contributed by atoms with E-state index in [4.69, 9.17) is 0 Å². The van der Waals surface area contributed by atoms with Crippen LogP contribution in [-0.4, -0.2) is 56.6 Å². The van der Waals surface area contributed by atoms with Crippen molar-refractivity contribution in [1.29, 1.82) is 0 Å². The number of benzene rings is 1. The Bertz CT molecular complexity index is 749. The second kappa shape index (κ2) is 6.85. The first-order chi connectivity index (χ1) is 12.7. The van der Waals surface area contributed by atoms with Gasteiger partial charge in [0.15, 0.2) is 0 Å². The quantitative estimate of drug-likeness (QED) is 0.818. The van der Waals surface area contributed by atoms with Crippen molar-refractivity contribution in [2.75, 3.05) is 19.7 Å². The first kappa shape index (κ1) is 17.2. The van der Waals surface area contributed by atoms with Crippen LogP contribution in [0, 0.1) is 11.3 Å². The lowest BCUT2D eigenvalue weighted by Gasteiger charge is -2.17. The van der Waals surface area contributed by atoms with Crippen LogP contribution >= 0.6 is 0 Å². The van der Waals surface area contributed by atoms with Gasteiger partial charge in [0.25, 0.3) is 0 Å². The summed E-state index contributed by atoms with van der Waals surface area (Å²) in [7, 11) is 0. The lowest BCUT2D eigenvalue weighted by molar-refractivity contribution is -0.130. The molecule has 4 rings (SSSR count). The van der Waals surface area contributed by atoms with E-state index in [0.29, 0.717) is 26.1 Å². The molecule has 0 radical (unpaired) electrons. The van der Waals surface area contributed by atoms with Gasteiger partial charge in [-0.3, -0.25) is 9.48 Å². The van der Waals surface area contributed by atoms with Crippen molar-refractivity contribution in [2.24, 2.45) is 11.3 Å². The monoisotopic (exact) mass is 355 g/mol. The molecule has 2 fully saturated rings. The summed E-state index contributed by atoms with van der Waals surface area (Å²) in [6, 6.07) is 11.9. The summed E-state index contributed by atoms with van der Waals surface area (Å²) in [5, 5.41) is 24.7. The molecule has 2 N–H and O–H groups in total.